The van der Waals surface area contributed by atoms with E-state index in [2.05, 4.69) is 28.4 Å². The molecule has 2 aromatic heterocycles. The number of carbonyl (C=O) groups is 1. The first-order chi connectivity index (χ1) is 12.5. The number of ether oxygens (including phenoxy) is 1. The van der Waals surface area contributed by atoms with Crippen molar-refractivity contribution in [3.8, 4) is 0 Å². The molecular weight excluding hydrogens is 330 g/mol. The highest BCUT2D eigenvalue weighted by atomic mass is 16.5. The van der Waals surface area contributed by atoms with Crippen LogP contribution in [-0.2, 0) is 11.2 Å². The molecule has 136 valence electrons. The fourth-order valence-corrected chi connectivity index (χ4v) is 3.64. The Bertz CT molecular complexity index is 957. The van der Waals surface area contributed by atoms with Gasteiger partial charge in [0.05, 0.1) is 24.9 Å². The van der Waals surface area contributed by atoms with Gasteiger partial charge >= 0.3 is 0 Å². The predicted molar refractivity (Wildman–Crippen MR) is 98.3 cm³/mol. The maximum atomic E-state index is 12.8. The molecule has 2 N–H and O–H groups in total. The predicted octanol–water partition coefficient (Wildman–Crippen LogP) is 3.07. The highest BCUT2D eigenvalue weighted by Gasteiger charge is 2.31. The van der Waals surface area contributed by atoms with Gasteiger partial charge < -0.3 is 19.6 Å². The van der Waals surface area contributed by atoms with Crippen molar-refractivity contribution in [2.24, 2.45) is 5.92 Å². The minimum absolute atomic E-state index is 0.0412. The number of aromatic nitrogens is 2. The molecule has 3 aromatic rings. The number of nitrogens with one attached hydrogen (secondary N) is 2. The van der Waals surface area contributed by atoms with E-state index in [1.54, 1.807) is 0 Å². The summed E-state index contributed by atoms with van der Waals surface area (Å²) in [6, 6.07) is 8.05. The molecule has 1 fully saturated rings. The monoisotopic (exact) mass is 353 g/mol. The van der Waals surface area contributed by atoms with E-state index in [1.807, 2.05) is 32.0 Å². The molecule has 3 heterocycles. The number of nitrogens with zero attached hydrogens (tertiary/aromatic N) is 1. The fourth-order valence-electron chi connectivity index (χ4n) is 3.64. The summed E-state index contributed by atoms with van der Waals surface area (Å²) >= 11 is 0. The highest BCUT2D eigenvalue weighted by Crippen LogP contribution is 2.24. The van der Waals surface area contributed by atoms with E-state index in [4.69, 9.17) is 9.26 Å². The molecular formula is C20H23N3O3. The Morgan fingerprint density at radius 2 is 2.12 bits per heavy atom. The molecule has 6 heteroatoms. The number of aryl methyl sites for hydroxylation is 3. The van der Waals surface area contributed by atoms with Crippen molar-refractivity contribution in [1.29, 1.82) is 0 Å². The molecule has 0 radical (unpaired) electrons. The lowest BCUT2D eigenvalue weighted by Crippen LogP contribution is -2.41. The van der Waals surface area contributed by atoms with Crippen LogP contribution in [0.25, 0.3) is 10.9 Å². The zero-order valence-corrected chi connectivity index (χ0v) is 15.3. The van der Waals surface area contributed by atoms with Crippen LogP contribution in [0.3, 0.4) is 0 Å². The van der Waals surface area contributed by atoms with Crippen LogP contribution in [0.15, 0.2) is 28.8 Å². The number of aromatic amines is 1. The smallest absolute Gasteiger partial charge is 0.268 e. The van der Waals surface area contributed by atoms with Gasteiger partial charge in [-0.3, -0.25) is 4.79 Å². The van der Waals surface area contributed by atoms with Crippen molar-refractivity contribution < 1.29 is 14.1 Å². The van der Waals surface area contributed by atoms with Gasteiger partial charge in [-0.2, -0.15) is 0 Å². The second-order valence-corrected chi connectivity index (χ2v) is 7.19. The standard InChI is InChI=1S/C20H23N3O3/c1-11-4-5-17-16(6-11)13(3)19(21-17)20(24)22-18-10-25-9-14(18)8-15-7-12(2)23-26-15/h4-7,14,18,21H,8-10H2,1-3H3,(H,22,24)/t14-,18+/m1/s1. The van der Waals surface area contributed by atoms with Gasteiger partial charge in [0.1, 0.15) is 11.5 Å². The Balaban J connectivity index is 1.51. The fraction of sp³-hybridized carbons (Fsp3) is 0.400. The zero-order chi connectivity index (χ0) is 18.3. The maximum absolute atomic E-state index is 12.8. The van der Waals surface area contributed by atoms with Crippen LogP contribution in [0.1, 0.15) is 33.1 Å². The maximum Gasteiger partial charge on any atom is 0.268 e. The summed E-state index contributed by atoms with van der Waals surface area (Å²) in [6.45, 7) is 7.06. The van der Waals surface area contributed by atoms with E-state index in [9.17, 15) is 4.79 Å². The van der Waals surface area contributed by atoms with Crippen LogP contribution >= 0.6 is 0 Å². The van der Waals surface area contributed by atoms with Crippen LogP contribution < -0.4 is 5.32 Å². The highest BCUT2D eigenvalue weighted by molar-refractivity contribution is 6.01. The third-order valence-electron chi connectivity index (χ3n) is 5.10. The van der Waals surface area contributed by atoms with E-state index in [0.29, 0.717) is 25.3 Å². The molecule has 4 rings (SSSR count). The summed E-state index contributed by atoms with van der Waals surface area (Å²) in [5.74, 6) is 0.915. The molecule has 2 atom stereocenters. The van der Waals surface area contributed by atoms with Gasteiger partial charge in [-0.25, -0.2) is 0 Å². The van der Waals surface area contributed by atoms with Crippen molar-refractivity contribution in [2.45, 2.75) is 33.2 Å². The number of H-pyrrole nitrogens is 1. The summed E-state index contributed by atoms with van der Waals surface area (Å²) < 4.78 is 10.9. The molecule has 0 aliphatic carbocycles. The summed E-state index contributed by atoms with van der Waals surface area (Å²) in [7, 11) is 0. The first-order valence-corrected chi connectivity index (χ1v) is 8.91. The number of amides is 1. The molecule has 6 nitrogen and oxygen atoms in total. The van der Waals surface area contributed by atoms with E-state index >= 15 is 0 Å². The Morgan fingerprint density at radius 1 is 1.27 bits per heavy atom. The molecule has 26 heavy (non-hydrogen) atoms. The molecule has 1 aliphatic rings. The third kappa shape index (κ3) is 3.12. The van der Waals surface area contributed by atoms with Crippen molar-refractivity contribution >= 4 is 16.8 Å². The average molecular weight is 353 g/mol. The second-order valence-electron chi connectivity index (χ2n) is 7.19. The van der Waals surface area contributed by atoms with Gasteiger partial charge in [-0.1, -0.05) is 16.8 Å². The lowest BCUT2D eigenvalue weighted by Gasteiger charge is -2.17. The van der Waals surface area contributed by atoms with Crippen LogP contribution in [0.4, 0.5) is 0 Å². The van der Waals surface area contributed by atoms with Gasteiger partial charge in [-0.05, 0) is 38.5 Å². The van der Waals surface area contributed by atoms with Crippen LogP contribution in [0.5, 0.6) is 0 Å². The first-order valence-electron chi connectivity index (χ1n) is 8.91. The molecule has 0 unspecified atom stereocenters. The van der Waals surface area contributed by atoms with E-state index in [1.165, 1.54) is 5.56 Å². The summed E-state index contributed by atoms with van der Waals surface area (Å²) in [5.41, 5.74) is 4.62. The van der Waals surface area contributed by atoms with Crippen molar-refractivity contribution in [1.82, 2.24) is 15.5 Å². The normalized spacial score (nSPS) is 20.0. The Kier molecular flexibility index (Phi) is 4.28. The van der Waals surface area contributed by atoms with E-state index < -0.39 is 0 Å². The minimum Gasteiger partial charge on any atom is -0.379 e. The van der Waals surface area contributed by atoms with Gasteiger partial charge in [0.15, 0.2) is 0 Å². The Hall–Kier alpha value is -2.60. The van der Waals surface area contributed by atoms with Gasteiger partial charge in [0.2, 0.25) is 0 Å². The Labute approximate surface area is 151 Å². The number of benzene rings is 1. The largest absolute Gasteiger partial charge is 0.379 e. The molecule has 1 aromatic carbocycles. The number of fused-ring (bicyclic) bond motifs is 1. The van der Waals surface area contributed by atoms with Crippen LogP contribution in [-0.4, -0.2) is 35.3 Å². The molecule has 1 saturated heterocycles. The summed E-state index contributed by atoms with van der Waals surface area (Å²) in [5, 5.41) is 8.15. The average Bonchev–Trinajstić information content (AvgIpc) is 3.29. The molecule has 0 saturated carbocycles. The topological polar surface area (TPSA) is 80.2 Å². The van der Waals surface area contributed by atoms with Crippen molar-refractivity contribution in [3.63, 3.8) is 0 Å². The zero-order valence-electron chi connectivity index (χ0n) is 15.3. The SMILES string of the molecule is Cc1ccc2[nH]c(C(=O)N[C@H]3COC[C@H]3Cc3cc(C)no3)c(C)c2c1. The molecule has 0 bridgehead atoms. The quantitative estimate of drug-likeness (QED) is 0.755. The lowest BCUT2D eigenvalue weighted by atomic mass is 9.98. The van der Waals surface area contributed by atoms with Crippen molar-refractivity contribution in [2.75, 3.05) is 13.2 Å². The Morgan fingerprint density at radius 3 is 2.88 bits per heavy atom. The summed E-state index contributed by atoms with van der Waals surface area (Å²) in [4.78, 5) is 16.1. The van der Waals surface area contributed by atoms with Gasteiger partial charge in [0.25, 0.3) is 5.91 Å². The summed E-state index contributed by atoms with van der Waals surface area (Å²) in [6.07, 6.45) is 0.705. The number of hydrogen-bond acceptors (Lipinski definition) is 4. The lowest BCUT2D eigenvalue weighted by molar-refractivity contribution is 0.0919. The second kappa shape index (κ2) is 6.61. The molecule has 1 amide bonds. The molecule has 1 aliphatic heterocycles. The first kappa shape index (κ1) is 16.8. The van der Waals surface area contributed by atoms with Crippen LogP contribution in [0.2, 0.25) is 0 Å². The van der Waals surface area contributed by atoms with E-state index in [0.717, 1.165) is 27.9 Å². The van der Waals surface area contributed by atoms with E-state index in [-0.39, 0.29) is 17.9 Å². The third-order valence-corrected chi connectivity index (χ3v) is 5.10. The minimum atomic E-state index is -0.0920. The van der Waals surface area contributed by atoms with Crippen molar-refractivity contribution in [3.05, 3.63) is 52.5 Å². The number of carbonyl (C=O) groups excluding carboxylic acids is 1. The number of hydrogen-bond donors (Lipinski definition) is 2. The van der Waals surface area contributed by atoms with Crippen LogP contribution in [0, 0.1) is 26.7 Å². The van der Waals surface area contributed by atoms with Gasteiger partial charge in [-0.15, -0.1) is 0 Å². The van der Waals surface area contributed by atoms with Gasteiger partial charge in [0, 0.05) is 29.3 Å². The molecule has 0 spiro atoms. The number of rotatable bonds is 4.